The molecule has 8 nitrogen and oxygen atoms in total. The van der Waals surface area contributed by atoms with Crippen LogP contribution in [0.1, 0.15) is 19.6 Å². The van der Waals surface area contributed by atoms with Crippen molar-refractivity contribution in [1.29, 1.82) is 0 Å². The number of esters is 1. The van der Waals surface area contributed by atoms with E-state index in [2.05, 4.69) is 0 Å². The Balaban J connectivity index is 2.12. The van der Waals surface area contributed by atoms with Crippen LogP contribution in [0.4, 0.5) is 0 Å². The largest absolute Gasteiger partial charge is 0.508 e. The molecule has 0 amide bonds. The van der Waals surface area contributed by atoms with Gasteiger partial charge in [-0.1, -0.05) is 6.92 Å². The van der Waals surface area contributed by atoms with Crippen molar-refractivity contribution in [2.45, 2.75) is 37.9 Å². The summed E-state index contributed by atoms with van der Waals surface area (Å²) in [5, 5.41) is 29.0. The molecule has 1 fully saturated rings. The summed E-state index contributed by atoms with van der Waals surface area (Å²) in [5.41, 5.74) is -0.586. The summed E-state index contributed by atoms with van der Waals surface area (Å²) >= 11 is 0. The molecule has 2 rings (SSSR count). The molecule has 0 saturated carbocycles. The fourth-order valence-corrected chi connectivity index (χ4v) is 2.06. The van der Waals surface area contributed by atoms with Crippen LogP contribution in [-0.2, 0) is 14.3 Å². The second kappa shape index (κ2) is 6.25. The Bertz CT molecular complexity index is 570. The second-order valence-corrected chi connectivity index (χ2v) is 4.71. The third-order valence-corrected chi connectivity index (χ3v) is 3.24. The molecule has 21 heavy (non-hydrogen) atoms. The van der Waals surface area contributed by atoms with Gasteiger partial charge in [-0.2, -0.15) is 0 Å². The average molecular weight is 299 g/mol. The predicted molar refractivity (Wildman–Crippen MR) is 69.5 cm³/mol. The van der Waals surface area contributed by atoms with E-state index >= 15 is 0 Å². The molecule has 1 saturated heterocycles. The van der Waals surface area contributed by atoms with Gasteiger partial charge in [0.15, 0.2) is 6.23 Å². The van der Waals surface area contributed by atoms with Gasteiger partial charge in [-0.25, -0.2) is 0 Å². The van der Waals surface area contributed by atoms with E-state index in [0.29, 0.717) is 0 Å². The third kappa shape index (κ3) is 3.23. The highest BCUT2D eigenvalue weighted by Crippen LogP contribution is 2.28. The van der Waals surface area contributed by atoms with E-state index in [-0.39, 0.29) is 18.8 Å². The monoisotopic (exact) mass is 299 g/mol. The third-order valence-electron chi connectivity index (χ3n) is 3.24. The van der Waals surface area contributed by atoms with Crippen molar-refractivity contribution < 1.29 is 29.6 Å². The topological polar surface area (TPSA) is 118 Å². The first-order chi connectivity index (χ1) is 9.93. The Kier molecular flexibility index (Phi) is 4.61. The van der Waals surface area contributed by atoms with Crippen LogP contribution < -0.4 is 5.56 Å². The molecule has 3 N–H and O–H groups in total. The molecular weight excluding hydrogens is 282 g/mol. The molecule has 116 valence electrons. The van der Waals surface area contributed by atoms with E-state index in [1.165, 1.54) is 12.3 Å². The molecule has 1 aliphatic rings. The standard InChI is InChI=1S/C13H17NO7/c1-2-10(17)20-6-8-11(18)12(19)13(21-8)14-4-3-7(15)5-9(14)16/h3-5,8,11-13,15,18-19H,2,6H2,1H3/t8-,11+,12-,13+/m0/s1. The molecule has 8 heteroatoms. The van der Waals surface area contributed by atoms with E-state index in [4.69, 9.17) is 9.47 Å². The van der Waals surface area contributed by atoms with Gasteiger partial charge in [0.2, 0.25) is 0 Å². The van der Waals surface area contributed by atoms with Gasteiger partial charge in [0, 0.05) is 18.7 Å². The van der Waals surface area contributed by atoms with Crippen LogP contribution in [0.25, 0.3) is 0 Å². The Morgan fingerprint density at radius 1 is 1.43 bits per heavy atom. The first kappa shape index (κ1) is 15.5. The molecule has 0 unspecified atom stereocenters. The van der Waals surface area contributed by atoms with Crippen molar-refractivity contribution in [3.8, 4) is 5.75 Å². The molecule has 1 aliphatic heterocycles. The highest BCUT2D eigenvalue weighted by molar-refractivity contribution is 5.68. The summed E-state index contributed by atoms with van der Waals surface area (Å²) in [6.45, 7) is 1.41. The SMILES string of the molecule is CCC(=O)OC[C@@H]1O[C@@H](n2ccc(O)cc2=O)[C@@H](O)[C@@H]1O. The lowest BCUT2D eigenvalue weighted by Gasteiger charge is -2.17. The van der Waals surface area contributed by atoms with Gasteiger partial charge in [0.1, 0.15) is 30.7 Å². The fourth-order valence-electron chi connectivity index (χ4n) is 2.06. The Morgan fingerprint density at radius 3 is 2.76 bits per heavy atom. The molecule has 4 atom stereocenters. The number of aliphatic hydroxyl groups is 2. The minimum absolute atomic E-state index is 0.187. The maximum absolute atomic E-state index is 11.7. The predicted octanol–water partition coefficient (Wildman–Crippen LogP) is -0.874. The quantitative estimate of drug-likeness (QED) is 0.618. The number of nitrogens with zero attached hydrogens (tertiary/aromatic N) is 1. The maximum Gasteiger partial charge on any atom is 0.305 e. The number of carbonyl (C=O) groups is 1. The number of aliphatic hydroxyl groups excluding tert-OH is 2. The Labute approximate surface area is 120 Å². The molecule has 2 heterocycles. The van der Waals surface area contributed by atoms with Gasteiger partial charge < -0.3 is 24.8 Å². The first-order valence-corrected chi connectivity index (χ1v) is 6.52. The normalized spacial score (nSPS) is 28.5. The minimum atomic E-state index is -1.35. The number of pyridine rings is 1. The highest BCUT2D eigenvalue weighted by Gasteiger charge is 2.44. The van der Waals surface area contributed by atoms with E-state index in [9.17, 15) is 24.9 Å². The summed E-state index contributed by atoms with van der Waals surface area (Å²) in [6.07, 6.45) is -3.25. The van der Waals surface area contributed by atoms with Crippen LogP contribution in [0.15, 0.2) is 23.1 Å². The van der Waals surface area contributed by atoms with Crippen molar-refractivity contribution in [1.82, 2.24) is 4.57 Å². The van der Waals surface area contributed by atoms with Crippen LogP contribution in [0, 0.1) is 0 Å². The van der Waals surface area contributed by atoms with Crippen molar-refractivity contribution in [2.24, 2.45) is 0 Å². The number of rotatable bonds is 4. The summed E-state index contributed by atoms with van der Waals surface area (Å²) in [6, 6.07) is 2.22. The molecule has 0 aromatic carbocycles. The molecule has 0 radical (unpaired) electrons. The number of ether oxygens (including phenoxy) is 2. The van der Waals surface area contributed by atoms with Gasteiger partial charge in [0.25, 0.3) is 5.56 Å². The van der Waals surface area contributed by atoms with Crippen LogP contribution in [-0.4, -0.2) is 50.8 Å². The van der Waals surface area contributed by atoms with Crippen molar-refractivity contribution in [2.75, 3.05) is 6.61 Å². The highest BCUT2D eigenvalue weighted by atomic mass is 16.6. The summed E-state index contributed by atoms with van der Waals surface area (Å²) < 4.78 is 11.3. The number of hydrogen-bond donors (Lipinski definition) is 3. The van der Waals surface area contributed by atoms with Crippen LogP contribution >= 0.6 is 0 Å². The molecule has 1 aromatic heterocycles. The van der Waals surface area contributed by atoms with Gasteiger partial charge in [-0.05, 0) is 6.07 Å². The second-order valence-electron chi connectivity index (χ2n) is 4.71. The zero-order chi connectivity index (χ0) is 15.6. The molecule has 0 aliphatic carbocycles. The first-order valence-electron chi connectivity index (χ1n) is 6.52. The van der Waals surface area contributed by atoms with Crippen LogP contribution in [0.5, 0.6) is 5.75 Å². The van der Waals surface area contributed by atoms with E-state index in [0.717, 1.165) is 10.6 Å². The van der Waals surface area contributed by atoms with E-state index in [1.807, 2.05) is 0 Å². The number of aromatic nitrogens is 1. The van der Waals surface area contributed by atoms with Crippen molar-refractivity contribution in [3.63, 3.8) is 0 Å². The van der Waals surface area contributed by atoms with Crippen molar-refractivity contribution >= 4 is 5.97 Å². The number of hydrogen-bond acceptors (Lipinski definition) is 7. The lowest BCUT2D eigenvalue weighted by atomic mass is 10.1. The molecule has 1 aromatic rings. The Hall–Kier alpha value is -1.90. The Morgan fingerprint density at radius 2 is 2.14 bits per heavy atom. The smallest absolute Gasteiger partial charge is 0.305 e. The van der Waals surface area contributed by atoms with Gasteiger partial charge in [0.05, 0.1) is 0 Å². The minimum Gasteiger partial charge on any atom is -0.508 e. The van der Waals surface area contributed by atoms with Crippen LogP contribution in [0.3, 0.4) is 0 Å². The van der Waals surface area contributed by atoms with Gasteiger partial charge >= 0.3 is 5.97 Å². The zero-order valence-corrected chi connectivity index (χ0v) is 11.4. The fraction of sp³-hybridized carbons (Fsp3) is 0.538. The van der Waals surface area contributed by atoms with Crippen LogP contribution in [0.2, 0.25) is 0 Å². The van der Waals surface area contributed by atoms with Crippen molar-refractivity contribution in [3.05, 3.63) is 28.7 Å². The maximum atomic E-state index is 11.7. The molecule has 0 bridgehead atoms. The van der Waals surface area contributed by atoms with Gasteiger partial charge in [-0.15, -0.1) is 0 Å². The average Bonchev–Trinajstić information content (AvgIpc) is 2.73. The van der Waals surface area contributed by atoms with E-state index in [1.54, 1.807) is 6.92 Å². The summed E-state index contributed by atoms with van der Waals surface area (Å²) in [4.78, 5) is 22.8. The zero-order valence-electron chi connectivity index (χ0n) is 11.4. The number of carbonyl (C=O) groups excluding carboxylic acids is 1. The van der Waals surface area contributed by atoms with Gasteiger partial charge in [-0.3, -0.25) is 14.2 Å². The lowest BCUT2D eigenvalue weighted by Crippen LogP contribution is -2.35. The lowest BCUT2D eigenvalue weighted by molar-refractivity contribution is -0.149. The molecular formula is C13H17NO7. The number of aromatic hydroxyl groups is 1. The molecule has 0 spiro atoms. The van der Waals surface area contributed by atoms with E-state index < -0.39 is 36.1 Å². The summed E-state index contributed by atoms with van der Waals surface area (Å²) in [5.74, 6) is -0.664. The summed E-state index contributed by atoms with van der Waals surface area (Å²) in [7, 11) is 0.